The third kappa shape index (κ3) is 4.39. The van der Waals surface area contributed by atoms with Crippen molar-refractivity contribution in [2.45, 2.75) is 45.1 Å². The van der Waals surface area contributed by atoms with Gasteiger partial charge in [-0.1, -0.05) is 37.5 Å². The van der Waals surface area contributed by atoms with Crippen LogP contribution in [0.1, 0.15) is 39.0 Å². The summed E-state index contributed by atoms with van der Waals surface area (Å²) in [5, 5.41) is 1.69. The van der Waals surface area contributed by atoms with Crippen molar-refractivity contribution in [1.82, 2.24) is 5.43 Å². The maximum absolute atomic E-state index is 11.3. The Balaban J connectivity index is 2.05. The molecular weight excluding hydrogens is 238 g/mol. The predicted octanol–water partition coefficient (Wildman–Crippen LogP) is 2.91. The monoisotopic (exact) mass is 259 g/mol. The Morgan fingerprint density at radius 3 is 2.58 bits per heavy atom. The second-order valence-corrected chi connectivity index (χ2v) is 4.93. The predicted molar refractivity (Wildman–Crippen MR) is 78.1 cm³/mol. The Kier molecular flexibility index (Phi) is 4.95. The molecule has 1 aromatic carbocycles. The molecule has 0 radical (unpaired) electrons. The second-order valence-electron chi connectivity index (χ2n) is 4.93. The Hall–Kier alpha value is -1.84. The molecule has 0 spiro atoms. The van der Waals surface area contributed by atoms with E-state index >= 15 is 0 Å². The van der Waals surface area contributed by atoms with E-state index in [0.29, 0.717) is 6.04 Å². The van der Waals surface area contributed by atoms with Crippen molar-refractivity contribution < 1.29 is 4.79 Å². The minimum atomic E-state index is -0.0982. The molecule has 1 aliphatic carbocycles. The minimum Gasteiger partial charge on any atom is -0.274 e. The Morgan fingerprint density at radius 1 is 1.26 bits per heavy atom. The lowest BCUT2D eigenvalue weighted by Crippen LogP contribution is -2.40. The van der Waals surface area contributed by atoms with Gasteiger partial charge in [-0.3, -0.25) is 15.2 Å². The molecular formula is C15H21N3O. The first-order valence-corrected chi connectivity index (χ1v) is 6.90. The van der Waals surface area contributed by atoms with Gasteiger partial charge in [0.2, 0.25) is 5.91 Å². The molecule has 1 aliphatic rings. The second kappa shape index (κ2) is 6.92. The lowest BCUT2D eigenvalue weighted by Gasteiger charge is -2.22. The highest BCUT2D eigenvalue weighted by Crippen LogP contribution is 2.20. The van der Waals surface area contributed by atoms with E-state index in [-0.39, 0.29) is 5.91 Å². The summed E-state index contributed by atoms with van der Waals surface area (Å²) in [4.78, 5) is 15.9. The van der Waals surface area contributed by atoms with E-state index < -0.39 is 0 Å². The number of hydrogen-bond donors (Lipinski definition) is 1. The van der Waals surface area contributed by atoms with Crippen LogP contribution in [0, 0.1) is 0 Å². The van der Waals surface area contributed by atoms with Crippen LogP contribution in [0.4, 0.5) is 5.69 Å². The summed E-state index contributed by atoms with van der Waals surface area (Å²) in [6, 6.07) is 10.1. The summed E-state index contributed by atoms with van der Waals surface area (Å²) in [5.41, 5.74) is 3.69. The molecule has 0 aliphatic heterocycles. The van der Waals surface area contributed by atoms with Crippen LogP contribution in [0.2, 0.25) is 0 Å². The highest BCUT2D eigenvalue weighted by Gasteiger charge is 2.12. The molecule has 1 N–H and O–H groups in total. The SMILES string of the molecule is CC(=O)NN(C=NC1CCCCC1)c1ccccc1. The molecule has 1 aromatic rings. The van der Waals surface area contributed by atoms with Gasteiger partial charge in [0.1, 0.15) is 6.34 Å². The quantitative estimate of drug-likeness (QED) is 0.513. The largest absolute Gasteiger partial charge is 0.274 e. The summed E-state index contributed by atoms with van der Waals surface area (Å²) in [6.07, 6.45) is 7.88. The summed E-state index contributed by atoms with van der Waals surface area (Å²) in [7, 11) is 0. The highest BCUT2D eigenvalue weighted by atomic mass is 16.2. The van der Waals surface area contributed by atoms with E-state index in [0.717, 1.165) is 18.5 Å². The molecule has 0 saturated heterocycles. The van der Waals surface area contributed by atoms with Crippen molar-refractivity contribution in [2.75, 3.05) is 5.01 Å². The van der Waals surface area contributed by atoms with Crippen LogP contribution >= 0.6 is 0 Å². The van der Waals surface area contributed by atoms with E-state index in [1.54, 1.807) is 11.3 Å². The molecule has 0 atom stereocenters. The van der Waals surface area contributed by atoms with Gasteiger partial charge in [0, 0.05) is 6.92 Å². The van der Waals surface area contributed by atoms with Crippen molar-refractivity contribution >= 4 is 17.9 Å². The lowest BCUT2D eigenvalue weighted by molar-refractivity contribution is -0.118. The molecule has 1 saturated carbocycles. The molecule has 0 unspecified atom stereocenters. The summed E-state index contributed by atoms with van der Waals surface area (Å²) >= 11 is 0. The number of hydrogen-bond acceptors (Lipinski definition) is 2. The molecule has 19 heavy (non-hydrogen) atoms. The Bertz CT molecular complexity index is 424. The average Bonchev–Trinajstić information content (AvgIpc) is 2.45. The van der Waals surface area contributed by atoms with Gasteiger partial charge in [0.25, 0.3) is 0 Å². The number of aliphatic imine (C=N–C) groups is 1. The number of benzene rings is 1. The first kappa shape index (κ1) is 13.6. The van der Waals surface area contributed by atoms with Crippen molar-refractivity contribution in [3.8, 4) is 0 Å². The van der Waals surface area contributed by atoms with Gasteiger partial charge in [-0.2, -0.15) is 0 Å². The molecule has 1 amide bonds. The number of anilines is 1. The van der Waals surface area contributed by atoms with Crippen molar-refractivity contribution in [3.05, 3.63) is 30.3 Å². The van der Waals surface area contributed by atoms with Crippen LogP contribution in [0.5, 0.6) is 0 Å². The Labute approximate surface area is 114 Å². The summed E-state index contributed by atoms with van der Waals surface area (Å²) in [5.74, 6) is -0.0982. The molecule has 0 heterocycles. The molecule has 4 heteroatoms. The number of rotatable bonds is 4. The fourth-order valence-electron chi connectivity index (χ4n) is 2.31. The topological polar surface area (TPSA) is 44.7 Å². The van der Waals surface area contributed by atoms with E-state index in [9.17, 15) is 4.79 Å². The van der Waals surface area contributed by atoms with E-state index in [4.69, 9.17) is 0 Å². The fraction of sp³-hybridized carbons (Fsp3) is 0.467. The van der Waals surface area contributed by atoms with Gasteiger partial charge < -0.3 is 0 Å². The van der Waals surface area contributed by atoms with Gasteiger partial charge in [-0.15, -0.1) is 0 Å². The first-order chi connectivity index (χ1) is 9.25. The number of nitrogens with zero attached hydrogens (tertiary/aromatic N) is 2. The van der Waals surface area contributed by atoms with Crippen molar-refractivity contribution in [2.24, 2.45) is 4.99 Å². The van der Waals surface area contributed by atoms with Gasteiger partial charge in [-0.25, -0.2) is 5.01 Å². The molecule has 102 valence electrons. The highest BCUT2D eigenvalue weighted by molar-refractivity contribution is 5.85. The number of nitrogens with one attached hydrogen (secondary N) is 1. The van der Waals surface area contributed by atoms with Crippen molar-refractivity contribution in [1.29, 1.82) is 0 Å². The minimum absolute atomic E-state index is 0.0982. The van der Waals surface area contributed by atoms with Crippen LogP contribution in [0.25, 0.3) is 0 Å². The number of carbonyl (C=O) groups excluding carboxylic acids is 1. The zero-order valence-corrected chi connectivity index (χ0v) is 11.4. The third-order valence-corrected chi connectivity index (χ3v) is 3.28. The molecule has 4 nitrogen and oxygen atoms in total. The van der Waals surface area contributed by atoms with Crippen molar-refractivity contribution in [3.63, 3.8) is 0 Å². The fourth-order valence-corrected chi connectivity index (χ4v) is 2.31. The number of hydrazine groups is 1. The first-order valence-electron chi connectivity index (χ1n) is 6.90. The Morgan fingerprint density at radius 2 is 1.95 bits per heavy atom. The average molecular weight is 259 g/mol. The van der Waals surface area contributed by atoms with Gasteiger partial charge >= 0.3 is 0 Å². The number of amides is 1. The normalized spacial score (nSPS) is 16.5. The number of para-hydroxylation sites is 1. The lowest BCUT2D eigenvalue weighted by atomic mass is 9.96. The maximum atomic E-state index is 11.3. The zero-order valence-electron chi connectivity index (χ0n) is 11.4. The van der Waals surface area contributed by atoms with Gasteiger partial charge in [0.15, 0.2) is 0 Å². The van der Waals surface area contributed by atoms with Crippen LogP contribution in [0.3, 0.4) is 0 Å². The molecule has 2 rings (SSSR count). The summed E-state index contributed by atoms with van der Waals surface area (Å²) in [6.45, 7) is 1.50. The zero-order chi connectivity index (χ0) is 13.5. The third-order valence-electron chi connectivity index (χ3n) is 3.28. The molecule has 1 fully saturated rings. The van der Waals surface area contributed by atoms with Gasteiger partial charge in [0.05, 0.1) is 11.7 Å². The van der Waals surface area contributed by atoms with E-state index in [1.165, 1.54) is 26.2 Å². The van der Waals surface area contributed by atoms with Crippen LogP contribution < -0.4 is 10.4 Å². The number of carbonyl (C=O) groups is 1. The van der Waals surface area contributed by atoms with E-state index in [1.807, 2.05) is 30.3 Å². The summed E-state index contributed by atoms with van der Waals surface area (Å²) < 4.78 is 0. The molecule has 0 aromatic heterocycles. The maximum Gasteiger partial charge on any atom is 0.235 e. The molecule has 0 bridgehead atoms. The standard InChI is InChI=1S/C15H21N3O/c1-13(19)17-18(15-10-6-3-7-11-15)12-16-14-8-4-2-5-9-14/h3,6-7,10-12,14H,2,4-5,8-9H2,1H3,(H,17,19). The van der Waals surface area contributed by atoms with E-state index in [2.05, 4.69) is 10.4 Å². The van der Waals surface area contributed by atoms with Crippen LogP contribution in [-0.4, -0.2) is 18.3 Å². The smallest absolute Gasteiger partial charge is 0.235 e. The van der Waals surface area contributed by atoms with Gasteiger partial charge in [-0.05, 0) is 25.0 Å². The van der Waals surface area contributed by atoms with Crippen LogP contribution in [-0.2, 0) is 4.79 Å². The van der Waals surface area contributed by atoms with Crippen LogP contribution in [0.15, 0.2) is 35.3 Å².